The van der Waals surface area contributed by atoms with Gasteiger partial charge in [0, 0.05) is 17.1 Å². The van der Waals surface area contributed by atoms with Crippen LogP contribution >= 0.6 is 0 Å². The van der Waals surface area contributed by atoms with E-state index in [-0.39, 0.29) is 5.91 Å². The summed E-state index contributed by atoms with van der Waals surface area (Å²) in [5.41, 5.74) is 3.09. The van der Waals surface area contributed by atoms with E-state index in [1.165, 1.54) is 5.01 Å². The molecule has 1 aromatic heterocycles. The normalized spacial score (nSPS) is 15.4. The molecule has 1 aliphatic rings. The summed E-state index contributed by atoms with van der Waals surface area (Å²) in [6, 6.07) is 13.5. The van der Waals surface area contributed by atoms with Crippen LogP contribution in [-0.4, -0.2) is 34.7 Å². The number of carbonyl (C=O) groups is 1. The van der Waals surface area contributed by atoms with Crippen molar-refractivity contribution >= 4 is 22.5 Å². The van der Waals surface area contributed by atoms with Crippen LogP contribution in [0.4, 0.5) is 5.82 Å². The summed E-state index contributed by atoms with van der Waals surface area (Å²) in [6.45, 7) is 4.81. The van der Waals surface area contributed by atoms with Crippen LogP contribution in [0.15, 0.2) is 59.0 Å². The number of aromatic nitrogens is 1. The topological polar surface area (TPSA) is 119 Å². The highest BCUT2D eigenvalue weighted by Crippen LogP contribution is 2.30. The Kier molecular flexibility index (Phi) is 4.73. The van der Waals surface area contributed by atoms with Crippen molar-refractivity contribution in [2.24, 2.45) is 22.0 Å². The standard InChI is InChI=1S/C21H22N6O2/c1-13-3-4-16(20(28)27(23)21(2)11-29-12-21)8-18(13)15-6-5-14-9-19(25-26-22)24-10-17(14)7-15/h3-10H,11-12,23H2,1-2H3,(H2,22,24,25). The van der Waals surface area contributed by atoms with E-state index in [2.05, 4.69) is 15.3 Å². The van der Waals surface area contributed by atoms with Crippen LogP contribution in [0.1, 0.15) is 22.8 Å². The fraction of sp³-hybridized carbons (Fsp3) is 0.238. The molecule has 2 heterocycles. The number of rotatable bonds is 4. The van der Waals surface area contributed by atoms with E-state index < -0.39 is 5.54 Å². The number of carbonyl (C=O) groups excluding carboxylic acids is 1. The minimum absolute atomic E-state index is 0.226. The Morgan fingerprint density at radius 3 is 2.66 bits per heavy atom. The van der Waals surface area contributed by atoms with Crippen molar-refractivity contribution in [1.29, 1.82) is 0 Å². The van der Waals surface area contributed by atoms with E-state index in [9.17, 15) is 4.79 Å². The number of hydrazine groups is 1. The highest BCUT2D eigenvalue weighted by Gasteiger charge is 2.41. The first kappa shape index (κ1) is 19.0. The minimum atomic E-state index is -0.463. The third-order valence-corrected chi connectivity index (χ3v) is 5.29. The van der Waals surface area contributed by atoms with Crippen LogP contribution in [0, 0.1) is 6.92 Å². The lowest BCUT2D eigenvalue weighted by Gasteiger charge is -2.44. The molecule has 1 aliphatic heterocycles. The van der Waals surface area contributed by atoms with Crippen molar-refractivity contribution in [1.82, 2.24) is 9.99 Å². The fourth-order valence-electron chi connectivity index (χ4n) is 3.40. The first-order valence-electron chi connectivity index (χ1n) is 9.20. The molecule has 29 heavy (non-hydrogen) atoms. The number of benzene rings is 2. The molecule has 1 saturated heterocycles. The minimum Gasteiger partial charge on any atom is -0.376 e. The van der Waals surface area contributed by atoms with Crippen molar-refractivity contribution in [2.75, 3.05) is 13.2 Å². The molecule has 0 saturated carbocycles. The second-order valence-corrected chi connectivity index (χ2v) is 7.51. The van der Waals surface area contributed by atoms with Crippen LogP contribution in [0.3, 0.4) is 0 Å². The number of pyridine rings is 1. The molecular weight excluding hydrogens is 368 g/mol. The number of nitrogens with two attached hydrogens (primary N) is 2. The van der Waals surface area contributed by atoms with Crippen molar-refractivity contribution in [3.63, 3.8) is 0 Å². The van der Waals surface area contributed by atoms with E-state index in [4.69, 9.17) is 16.4 Å². The zero-order chi connectivity index (χ0) is 20.6. The smallest absolute Gasteiger partial charge is 0.268 e. The molecule has 0 aliphatic carbocycles. The maximum Gasteiger partial charge on any atom is 0.268 e. The lowest BCUT2D eigenvalue weighted by Crippen LogP contribution is -2.64. The summed E-state index contributed by atoms with van der Waals surface area (Å²) in [7, 11) is 0. The van der Waals surface area contributed by atoms with E-state index in [1.807, 2.05) is 50.2 Å². The Hall–Kier alpha value is -3.36. The van der Waals surface area contributed by atoms with Crippen LogP contribution in [0.2, 0.25) is 0 Å². The molecule has 0 unspecified atom stereocenters. The molecule has 0 atom stereocenters. The van der Waals surface area contributed by atoms with Crippen LogP contribution < -0.4 is 11.7 Å². The van der Waals surface area contributed by atoms with E-state index in [0.29, 0.717) is 24.6 Å². The van der Waals surface area contributed by atoms with Gasteiger partial charge in [0.2, 0.25) is 0 Å². The van der Waals surface area contributed by atoms with Crippen molar-refractivity contribution in [3.05, 3.63) is 59.8 Å². The molecule has 0 radical (unpaired) electrons. The molecule has 2 aromatic carbocycles. The Bertz CT molecular complexity index is 1120. The molecule has 8 heteroatoms. The lowest BCUT2D eigenvalue weighted by atomic mass is 9.95. The molecule has 3 aromatic rings. The molecular formula is C21H22N6O2. The number of amides is 1. The predicted octanol–water partition coefficient (Wildman–Crippen LogP) is 3.27. The second kappa shape index (κ2) is 7.23. The number of hydrogen-bond acceptors (Lipinski definition) is 6. The van der Waals surface area contributed by atoms with Gasteiger partial charge in [0.1, 0.15) is 5.54 Å². The quantitative estimate of drug-likeness (QED) is 0.307. The van der Waals surface area contributed by atoms with Gasteiger partial charge >= 0.3 is 0 Å². The van der Waals surface area contributed by atoms with E-state index in [1.54, 1.807) is 12.3 Å². The number of hydrogen-bond donors (Lipinski definition) is 2. The zero-order valence-corrected chi connectivity index (χ0v) is 16.3. The average molecular weight is 390 g/mol. The molecule has 1 fully saturated rings. The van der Waals surface area contributed by atoms with Gasteiger partial charge in [-0.1, -0.05) is 23.4 Å². The number of nitrogens with zero attached hydrogens (tertiary/aromatic N) is 4. The lowest BCUT2D eigenvalue weighted by molar-refractivity contribution is -0.116. The van der Waals surface area contributed by atoms with Crippen LogP contribution in [0.5, 0.6) is 0 Å². The average Bonchev–Trinajstić information content (AvgIpc) is 2.71. The highest BCUT2D eigenvalue weighted by molar-refractivity contribution is 5.96. The summed E-state index contributed by atoms with van der Waals surface area (Å²) in [4.78, 5) is 17.1. The fourth-order valence-corrected chi connectivity index (χ4v) is 3.40. The zero-order valence-electron chi connectivity index (χ0n) is 16.3. The Morgan fingerprint density at radius 1 is 1.17 bits per heavy atom. The third-order valence-electron chi connectivity index (χ3n) is 5.29. The predicted molar refractivity (Wildman–Crippen MR) is 110 cm³/mol. The molecule has 1 amide bonds. The first-order valence-corrected chi connectivity index (χ1v) is 9.20. The van der Waals surface area contributed by atoms with Gasteiger partial charge in [0.05, 0.1) is 13.2 Å². The van der Waals surface area contributed by atoms with Gasteiger partial charge in [0.25, 0.3) is 5.91 Å². The molecule has 8 nitrogen and oxygen atoms in total. The van der Waals surface area contributed by atoms with E-state index >= 15 is 0 Å². The Morgan fingerprint density at radius 2 is 1.97 bits per heavy atom. The van der Waals surface area contributed by atoms with Crippen molar-refractivity contribution < 1.29 is 9.53 Å². The van der Waals surface area contributed by atoms with Gasteiger partial charge in [-0.3, -0.25) is 9.80 Å². The summed E-state index contributed by atoms with van der Waals surface area (Å²) in [5, 5.41) is 10.2. The number of fused-ring (bicyclic) bond motifs is 1. The van der Waals surface area contributed by atoms with Crippen LogP contribution in [0.25, 0.3) is 21.9 Å². The third kappa shape index (κ3) is 3.43. The second-order valence-electron chi connectivity index (χ2n) is 7.51. The van der Waals surface area contributed by atoms with Gasteiger partial charge in [-0.2, -0.15) is 0 Å². The van der Waals surface area contributed by atoms with Gasteiger partial charge in [-0.25, -0.2) is 10.8 Å². The number of aryl methyl sites for hydroxylation is 1. The summed E-state index contributed by atoms with van der Waals surface area (Å²) < 4.78 is 5.22. The molecule has 148 valence electrons. The van der Waals surface area contributed by atoms with Gasteiger partial charge in [-0.05, 0) is 60.2 Å². The molecule has 0 spiro atoms. The molecule has 0 bridgehead atoms. The summed E-state index contributed by atoms with van der Waals surface area (Å²) in [6.07, 6.45) is 1.73. The maximum atomic E-state index is 12.9. The monoisotopic (exact) mass is 390 g/mol. The van der Waals surface area contributed by atoms with Crippen molar-refractivity contribution in [2.45, 2.75) is 19.4 Å². The van der Waals surface area contributed by atoms with Gasteiger partial charge in [0.15, 0.2) is 5.82 Å². The SMILES string of the molecule is Cc1ccc(C(=O)N(N)C2(C)COC2)cc1-c1ccc2cc(N=NN)ncc2c1. The van der Waals surface area contributed by atoms with Crippen LogP contribution in [-0.2, 0) is 4.74 Å². The number of ether oxygens (including phenoxy) is 1. The summed E-state index contributed by atoms with van der Waals surface area (Å²) >= 11 is 0. The van der Waals surface area contributed by atoms with E-state index in [0.717, 1.165) is 27.5 Å². The maximum absolute atomic E-state index is 12.9. The van der Waals surface area contributed by atoms with Crippen molar-refractivity contribution in [3.8, 4) is 11.1 Å². The van der Waals surface area contributed by atoms with Gasteiger partial charge in [-0.15, -0.1) is 5.11 Å². The van der Waals surface area contributed by atoms with Gasteiger partial charge < -0.3 is 10.6 Å². The highest BCUT2D eigenvalue weighted by atomic mass is 16.5. The summed E-state index contributed by atoms with van der Waals surface area (Å²) in [5.74, 6) is 11.4. The largest absolute Gasteiger partial charge is 0.376 e. The molecule has 4 N–H and O–H groups in total. The Balaban J connectivity index is 1.70. The molecule has 4 rings (SSSR count). The Labute approximate surface area is 168 Å². The first-order chi connectivity index (χ1) is 13.9.